The van der Waals surface area contributed by atoms with Crippen LogP contribution in [0.2, 0.25) is 0 Å². The third-order valence-corrected chi connectivity index (χ3v) is 6.95. The van der Waals surface area contributed by atoms with Crippen LogP contribution in [0, 0.1) is 5.41 Å². The summed E-state index contributed by atoms with van der Waals surface area (Å²) in [6.45, 7) is 4.45. The summed E-state index contributed by atoms with van der Waals surface area (Å²) in [4.78, 5) is 37.0. The van der Waals surface area contributed by atoms with Gasteiger partial charge in [-0.25, -0.2) is 4.79 Å². The van der Waals surface area contributed by atoms with E-state index in [1.165, 1.54) is 0 Å². The predicted octanol–water partition coefficient (Wildman–Crippen LogP) is 3.69. The Morgan fingerprint density at radius 3 is 2.17 bits per heavy atom. The largest absolute Gasteiger partial charge is 0.481 e. The lowest BCUT2D eigenvalue weighted by Gasteiger charge is -2.39. The zero-order valence-corrected chi connectivity index (χ0v) is 20.1. The maximum absolute atomic E-state index is 13.0. The smallest absolute Gasteiger partial charge is 0.407 e. The van der Waals surface area contributed by atoms with Crippen molar-refractivity contribution in [1.82, 2.24) is 10.6 Å². The normalized spacial score (nSPS) is 16.6. The van der Waals surface area contributed by atoms with E-state index >= 15 is 0 Å². The van der Waals surface area contributed by atoms with E-state index in [9.17, 15) is 19.5 Å². The SMILES string of the molecule is CC(C)(CNC(=O)OCC1c2ccccc2-c2ccccc21)C(=O)NC1(CC(=O)O)CCOCC1. The molecule has 0 spiro atoms. The number of carbonyl (C=O) groups excluding carboxylic acids is 2. The highest BCUT2D eigenvalue weighted by atomic mass is 16.5. The van der Waals surface area contributed by atoms with Crippen molar-refractivity contribution in [1.29, 1.82) is 0 Å². The molecule has 1 aliphatic heterocycles. The first-order valence-corrected chi connectivity index (χ1v) is 11.9. The van der Waals surface area contributed by atoms with Gasteiger partial charge in [0.2, 0.25) is 5.91 Å². The number of benzene rings is 2. The fourth-order valence-corrected chi connectivity index (χ4v) is 4.83. The van der Waals surface area contributed by atoms with Gasteiger partial charge >= 0.3 is 12.1 Å². The highest BCUT2D eigenvalue weighted by Gasteiger charge is 2.40. The molecule has 2 aromatic rings. The second-order valence-corrected chi connectivity index (χ2v) is 9.98. The fraction of sp³-hybridized carbons (Fsp3) is 0.444. The molecule has 4 rings (SSSR count). The average Bonchev–Trinajstić information content (AvgIpc) is 3.15. The van der Waals surface area contributed by atoms with Crippen LogP contribution < -0.4 is 10.6 Å². The van der Waals surface area contributed by atoms with Crippen LogP contribution in [0.3, 0.4) is 0 Å². The van der Waals surface area contributed by atoms with Gasteiger partial charge in [0.25, 0.3) is 0 Å². The Balaban J connectivity index is 1.33. The van der Waals surface area contributed by atoms with Crippen LogP contribution in [0.25, 0.3) is 11.1 Å². The topological polar surface area (TPSA) is 114 Å². The molecule has 1 aliphatic carbocycles. The van der Waals surface area contributed by atoms with Crippen molar-refractivity contribution in [3.8, 4) is 11.1 Å². The molecule has 0 aromatic heterocycles. The molecule has 1 saturated heterocycles. The number of nitrogens with one attached hydrogen (secondary N) is 2. The number of carboxylic acid groups (broad SMARTS) is 1. The number of carbonyl (C=O) groups is 3. The minimum absolute atomic E-state index is 0.0474. The van der Waals surface area contributed by atoms with Gasteiger partial charge in [-0.15, -0.1) is 0 Å². The Kier molecular flexibility index (Phi) is 7.12. The summed E-state index contributed by atoms with van der Waals surface area (Å²) in [5.41, 5.74) is 2.75. The molecule has 186 valence electrons. The Bertz CT molecular complexity index is 1060. The van der Waals surface area contributed by atoms with Crippen LogP contribution in [-0.2, 0) is 19.1 Å². The first kappa shape index (κ1) is 24.7. The quantitative estimate of drug-likeness (QED) is 0.531. The summed E-state index contributed by atoms with van der Waals surface area (Å²) in [6.07, 6.45) is 0.0962. The van der Waals surface area contributed by atoms with Crippen molar-refractivity contribution < 1.29 is 29.0 Å². The predicted molar refractivity (Wildman–Crippen MR) is 130 cm³/mol. The molecule has 0 saturated carbocycles. The third-order valence-electron chi connectivity index (χ3n) is 6.95. The van der Waals surface area contributed by atoms with Gasteiger partial charge < -0.3 is 25.2 Å². The van der Waals surface area contributed by atoms with Crippen LogP contribution in [0.4, 0.5) is 4.79 Å². The van der Waals surface area contributed by atoms with E-state index in [-0.39, 0.29) is 31.4 Å². The molecule has 1 heterocycles. The highest BCUT2D eigenvalue weighted by Crippen LogP contribution is 2.44. The molecule has 8 heteroatoms. The average molecular weight is 481 g/mol. The molecular formula is C27H32N2O6. The van der Waals surface area contributed by atoms with Gasteiger partial charge in [-0.2, -0.15) is 0 Å². The third kappa shape index (κ3) is 5.48. The molecular weight excluding hydrogens is 448 g/mol. The van der Waals surface area contributed by atoms with E-state index in [2.05, 4.69) is 34.9 Å². The van der Waals surface area contributed by atoms with Crippen molar-refractivity contribution in [2.75, 3.05) is 26.4 Å². The minimum Gasteiger partial charge on any atom is -0.481 e. The minimum atomic E-state index is -0.971. The summed E-state index contributed by atoms with van der Waals surface area (Å²) in [6, 6.07) is 16.2. The van der Waals surface area contributed by atoms with Gasteiger partial charge in [0.15, 0.2) is 0 Å². The number of rotatable bonds is 8. The molecule has 2 aromatic carbocycles. The Hall–Kier alpha value is -3.39. The van der Waals surface area contributed by atoms with E-state index in [0.29, 0.717) is 26.1 Å². The molecule has 1 fully saturated rings. The van der Waals surface area contributed by atoms with Crippen LogP contribution in [0.1, 0.15) is 50.2 Å². The number of aliphatic carboxylic acids is 1. The molecule has 0 bridgehead atoms. The Labute approximate surface area is 205 Å². The molecule has 0 unspecified atom stereocenters. The van der Waals surface area contributed by atoms with Crippen LogP contribution >= 0.6 is 0 Å². The molecule has 35 heavy (non-hydrogen) atoms. The lowest BCUT2D eigenvalue weighted by Crippen LogP contribution is -2.57. The lowest BCUT2D eigenvalue weighted by molar-refractivity contribution is -0.141. The number of fused-ring (bicyclic) bond motifs is 3. The van der Waals surface area contributed by atoms with Gasteiger partial charge in [-0.3, -0.25) is 9.59 Å². The van der Waals surface area contributed by atoms with Gasteiger partial charge in [-0.05, 0) is 48.9 Å². The molecule has 0 radical (unpaired) electrons. The first-order valence-electron chi connectivity index (χ1n) is 11.9. The standard InChI is InChI=1S/C27H32N2O6/c1-26(2,24(32)29-27(15-23(30)31)11-13-34-14-12-27)17-28-25(33)35-16-22-20-9-5-3-7-18(20)19-8-4-6-10-21(19)22/h3-10,22H,11-17H2,1-2H3,(H,28,33)(H,29,32)(H,30,31). The van der Waals surface area contributed by atoms with Crippen molar-refractivity contribution in [2.45, 2.75) is 44.6 Å². The maximum Gasteiger partial charge on any atom is 0.407 e. The van der Waals surface area contributed by atoms with Gasteiger partial charge in [-0.1, -0.05) is 48.5 Å². The summed E-state index contributed by atoms with van der Waals surface area (Å²) < 4.78 is 10.9. The zero-order chi connectivity index (χ0) is 25.1. The molecule has 2 amide bonds. The van der Waals surface area contributed by atoms with E-state index in [0.717, 1.165) is 22.3 Å². The maximum atomic E-state index is 13.0. The molecule has 3 N–H and O–H groups in total. The number of amides is 2. The molecule has 8 nitrogen and oxygen atoms in total. The zero-order valence-electron chi connectivity index (χ0n) is 20.1. The second kappa shape index (κ2) is 10.1. The van der Waals surface area contributed by atoms with Crippen molar-refractivity contribution in [3.63, 3.8) is 0 Å². The van der Waals surface area contributed by atoms with E-state index < -0.39 is 23.0 Å². The van der Waals surface area contributed by atoms with Crippen LogP contribution in [-0.4, -0.2) is 55.0 Å². The fourth-order valence-electron chi connectivity index (χ4n) is 4.83. The van der Waals surface area contributed by atoms with Crippen molar-refractivity contribution >= 4 is 18.0 Å². The van der Waals surface area contributed by atoms with E-state index in [1.54, 1.807) is 13.8 Å². The Morgan fingerprint density at radius 1 is 1.03 bits per heavy atom. The van der Waals surface area contributed by atoms with Crippen LogP contribution in [0.15, 0.2) is 48.5 Å². The van der Waals surface area contributed by atoms with Crippen molar-refractivity contribution in [2.24, 2.45) is 5.41 Å². The lowest BCUT2D eigenvalue weighted by atomic mass is 9.83. The second-order valence-electron chi connectivity index (χ2n) is 9.98. The number of ether oxygens (including phenoxy) is 2. The number of hydrogen-bond donors (Lipinski definition) is 3. The van der Waals surface area contributed by atoms with Gasteiger partial charge in [0.1, 0.15) is 6.61 Å². The van der Waals surface area contributed by atoms with E-state index in [4.69, 9.17) is 9.47 Å². The monoisotopic (exact) mass is 480 g/mol. The summed E-state index contributed by atoms with van der Waals surface area (Å²) in [5, 5.41) is 15.0. The van der Waals surface area contributed by atoms with Crippen LogP contribution in [0.5, 0.6) is 0 Å². The Morgan fingerprint density at radius 2 is 1.60 bits per heavy atom. The van der Waals surface area contributed by atoms with Gasteiger partial charge in [0.05, 0.1) is 17.4 Å². The molecule has 0 atom stereocenters. The number of alkyl carbamates (subject to hydrolysis) is 1. The summed E-state index contributed by atoms with van der Waals surface area (Å²) >= 11 is 0. The first-order chi connectivity index (χ1) is 16.7. The van der Waals surface area contributed by atoms with E-state index in [1.807, 2.05) is 24.3 Å². The van der Waals surface area contributed by atoms with Crippen molar-refractivity contribution in [3.05, 3.63) is 59.7 Å². The summed E-state index contributed by atoms with van der Waals surface area (Å²) in [7, 11) is 0. The highest BCUT2D eigenvalue weighted by molar-refractivity contribution is 5.84. The molecule has 2 aliphatic rings. The number of carboxylic acids is 1. The summed E-state index contributed by atoms with van der Waals surface area (Å²) in [5.74, 6) is -1.34. The van der Waals surface area contributed by atoms with Gasteiger partial charge in [0, 0.05) is 25.7 Å². The number of hydrogen-bond acceptors (Lipinski definition) is 5.